The molecule has 25 heavy (non-hydrogen) atoms. The quantitative estimate of drug-likeness (QED) is 0.656. The van der Waals surface area contributed by atoms with Gasteiger partial charge in [-0.2, -0.15) is 0 Å². The van der Waals surface area contributed by atoms with Crippen LogP contribution in [0.5, 0.6) is 0 Å². The molecule has 6 heteroatoms. The standard InChI is InChI=1S/C19H25N3O3/c1-21(16-3-2-15(18(20)23)7-17(16)22(24)25)11-19-8-12-4-13(9-19)6-14(5-12)10-19/h2-3,7,12-14H,4-6,8-11H2,1H3,(H2,20,23). The third kappa shape index (κ3) is 2.87. The first kappa shape index (κ1) is 16.4. The van der Waals surface area contributed by atoms with Gasteiger partial charge < -0.3 is 10.6 Å². The Morgan fingerprint density at radius 1 is 1.24 bits per heavy atom. The van der Waals surface area contributed by atoms with Crippen LogP contribution in [0.2, 0.25) is 0 Å². The van der Waals surface area contributed by atoms with Crippen LogP contribution in [-0.4, -0.2) is 24.4 Å². The van der Waals surface area contributed by atoms with Crippen LogP contribution in [0.3, 0.4) is 0 Å². The SMILES string of the molecule is CN(CC12CC3CC(CC(C3)C1)C2)c1ccc(C(N)=O)cc1[N+](=O)[O-]. The zero-order chi connectivity index (χ0) is 17.8. The van der Waals surface area contributed by atoms with E-state index in [2.05, 4.69) is 0 Å². The summed E-state index contributed by atoms with van der Waals surface area (Å²) in [7, 11) is 1.94. The molecule has 0 atom stereocenters. The summed E-state index contributed by atoms with van der Waals surface area (Å²) in [5.74, 6) is 1.92. The summed E-state index contributed by atoms with van der Waals surface area (Å²) in [6, 6.07) is 4.55. The summed E-state index contributed by atoms with van der Waals surface area (Å²) in [5.41, 5.74) is 6.29. The van der Waals surface area contributed by atoms with E-state index in [1.807, 2.05) is 11.9 Å². The van der Waals surface area contributed by atoms with E-state index in [1.54, 1.807) is 12.1 Å². The monoisotopic (exact) mass is 343 g/mol. The Morgan fingerprint density at radius 3 is 2.28 bits per heavy atom. The second kappa shape index (κ2) is 5.71. The molecule has 1 aromatic carbocycles. The topological polar surface area (TPSA) is 89.5 Å². The van der Waals surface area contributed by atoms with Crippen molar-refractivity contribution in [3.63, 3.8) is 0 Å². The smallest absolute Gasteiger partial charge is 0.293 e. The number of primary amides is 1. The average Bonchev–Trinajstić information content (AvgIpc) is 2.52. The number of carbonyl (C=O) groups excluding carboxylic acids is 1. The minimum atomic E-state index is -0.640. The Labute approximate surface area is 147 Å². The minimum absolute atomic E-state index is 0.0384. The van der Waals surface area contributed by atoms with Crippen LogP contribution in [0, 0.1) is 33.3 Å². The highest BCUT2D eigenvalue weighted by Crippen LogP contribution is 2.60. The largest absolute Gasteiger partial charge is 0.368 e. The van der Waals surface area contributed by atoms with E-state index in [9.17, 15) is 14.9 Å². The van der Waals surface area contributed by atoms with Gasteiger partial charge in [0, 0.05) is 25.2 Å². The van der Waals surface area contributed by atoms with E-state index in [1.165, 1.54) is 44.6 Å². The molecule has 1 aromatic rings. The number of carbonyl (C=O) groups is 1. The molecule has 2 N–H and O–H groups in total. The number of amides is 1. The number of benzene rings is 1. The summed E-state index contributed by atoms with van der Waals surface area (Å²) in [4.78, 5) is 24.4. The van der Waals surface area contributed by atoms with Crippen LogP contribution in [0.15, 0.2) is 18.2 Å². The van der Waals surface area contributed by atoms with Crippen LogP contribution in [0.25, 0.3) is 0 Å². The Morgan fingerprint density at radius 2 is 1.80 bits per heavy atom. The number of nitro groups is 1. The second-order valence-corrected chi connectivity index (χ2v) is 8.60. The van der Waals surface area contributed by atoms with E-state index in [0.29, 0.717) is 11.1 Å². The fourth-order valence-corrected chi connectivity index (χ4v) is 6.22. The molecule has 4 aliphatic rings. The van der Waals surface area contributed by atoms with E-state index in [-0.39, 0.29) is 11.3 Å². The maximum absolute atomic E-state index is 11.5. The molecule has 0 saturated heterocycles. The molecule has 0 heterocycles. The van der Waals surface area contributed by atoms with Crippen molar-refractivity contribution in [3.05, 3.63) is 33.9 Å². The van der Waals surface area contributed by atoms with Crippen LogP contribution in [0.4, 0.5) is 11.4 Å². The van der Waals surface area contributed by atoms with Gasteiger partial charge in [0.05, 0.1) is 4.92 Å². The molecule has 4 fully saturated rings. The molecule has 5 rings (SSSR count). The molecular weight excluding hydrogens is 318 g/mol. The summed E-state index contributed by atoms with van der Waals surface area (Å²) >= 11 is 0. The van der Waals surface area contributed by atoms with E-state index >= 15 is 0 Å². The molecule has 4 bridgehead atoms. The van der Waals surface area contributed by atoms with Crippen molar-refractivity contribution in [1.82, 2.24) is 0 Å². The van der Waals surface area contributed by atoms with Gasteiger partial charge in [-0.1, -0.05) is 0 Å². The van der Waals surface area contributed by atoms with Crippen LogP contribution in [-0.2, 0) is 0 Å². The summed E-state index contributed by atoms with van der Waals surface area (Å²) < 4.78 is 0. The van der Waals surface area contributed by atoms with Gasteiger partial charge in [0.1, 0.15) is 5.69 Å². The molecule has 0 aliphatic heterocycles. The van der Waals surface area contributed by atoms with Gasteiger partial charge in [0.25, 0.3) is 5.69 Å². The van der Waals surface area contributed by atoms with Crippen molar-refractivity contribution < 1.29 is 9.72 Å². The number of anilines is 1. The number of nitro benzene ring substituents is 1. The highest BCUT2D eigenvalue weighted by atomic mass is 16.6. The third-order valence-corrected chi connectivity index (χ3v) is 6.61. The van der Waals surface area contributed by atoms with Crippen molar-refractivity contribution >= 4 is 17.3 Å². The molecule has 1 amide bonds. The average molecular weight is 343 g/mol. The van der Waals surface area contributed by atoms with Gasteiger partial charge in [0.15, 0.2) is 0 Å². The maximum Gasteiger partial charge on any atom is 0.293 e. The molecule has 0 unspecified atom stereocenters. The fraction of sp³-hybridized carbons (Fsp3) is 0.632. The van der Waals surface area contributed by atoms with E-state index in [4.69, 9.17) is 5.73 Å². The first-order chi connectivity index (χ1) is 11.8. The lowest BCUT2D eigenvalue weighted by Gasteiger charge is -2.57. The van der Waals surface area contributed by atoms with Crippen molar-refractivity contribution in [2.24, 2.45) is 28.9 Å². The Hall–Kier alpha value is -2.11. The molecule has 6 nitrogen and oxygen atoms in total. The van der Waals surface area contributed by atoms with Crippen molar-refractivity contribution in [1.29, 1.82) is 0 Å². The van der Waals surface area contributed by atoms with Crippen molar-refractivity contribution in [2.75, 3.05) is 18.5 Å². The normalized spacial score (nSPS) is 32.6. The number of rotatable bonds is 5. The molecule has 0 spiro atoms. The van der Waals surface area contributed by atoms with Gasteiger partial charge in [-0.15, -0.1) is 0 Å². The molecule has 0 radical (unpaired) electrons. The van der Waals surface area contributed by atoms with Gasteiger partial charge in [-0.05, 0) is 73.8 Å². The first-order valence-electron chi connectivity index (χ1n) is 9.15. The minimum Gasteiger partial charge on any atom is -0.368 e. The summed E-state index contributed by atoms with van der Waals surface area (Å²) in [6.07, 6.45) is 7.94. The molecule has 134 valence electrons. The van der Waals surface area contributed by atoms with Gasteiger partial charge >= 0.3 is 0 Å². The van der Waals surface area contributed by atoms with Crippen LogP contribution < -0.4 is 10.6 Å². The number of nitrogens with zero attached hydrogens (tertiary/aromatic N) is 2. The fourth-order valence-electron chi connectivity index (χ4n) is 6.22. The zero-order valence-electron chi connectivity index (χ0n) is 14.6. The lowest BCUT2D eigenvalue weighted by molar-refractivity contribution is -0.384. The summed E-state index contributed by atoms with van der Waals surface area (Å²) in [6.45, 7) is 0.854. The van der Waals surface area contributed by atoms with Crippen molar-refractivity contribution in [2.45, 2.75) is 38.5 Å². The maximum atomic E-state index is 11.5. The number of hydrogen-bond donors (Lipinski definition) is 1. The number of nitrogens with two attached hydrogens (primary N) is 1. The summed E-state index contributed by atoms with van der Waals surface area (Å²) in [5, 5.41) is 11.5. The predicted molar refractivity (Wildman–Crippen MR) is 95.5 cm³/mol. The second-order valence-electron chi connectivity index (χ2n) is 8.60. The van der Waals surface area contributed by atoms with Gasteiger partial charge in [0.2, 0.25) is 5.91 Å². The van der Waals surface area contributed by atoms with E-state index in [0.717, 1.165) is 24.3 Å². The van der Waals surface area contributed by atoms with Gasteiger partial charge in [-0.25, -0.2) is 0 Å². The van der Waals surface area contributed by atoms with Crippen LogP contribution in [0.1, 0.15) is 48.9 Å². The molecule has 4 aliphatic carbocycles. The number of hydrogen-bond acceptors (Lipinski definition) is 4. The zero-order valence-corrected chi connectivity index (χ0v) is 14.6. The van der Waals surface area contributed by atoms with E-state index < -0.39 is 10.8 Å². The van der Waals surface area contributed by atoms with Crippen LogP contribution >= 0.6 is 0 Å². The van der Waals surface area contributed by atoms with Crippen molar-refractivity contribution in [3.8, 4) is 0 Å². The Bertz CT molecular complexity index is 695. The molecule has 0 aromatic heterocycles. The lowest BCUT2D eigenvalue weighted by atomic mass is 9.49. The molecular formula is C19H25N3O3. The van der Waals surface area contributed by atoms with Gasteiger partial charge in [-0.3, -0.25) is 14.9 Å². The molecule has 4 saturated carbocycles. The predicted octanol–water partition coefficient (Wildman–Crippen LogP) is 3.35. The lowest BCUT2D eigenvalue weighted by Crippen LogP contribution is -2.50. The third-order valence-electron chi connectivity index (χ3n) is 6.61. The highest BCUT2D eigenvalue weighted by Gasteiger charge is 2.51. The first-order valence-corrected chi connectivity index (χ1v) is 9.15. The Balaban J connectivity index is 1.60. The Kier molecular flexibility index (Phi) is 3.74. The highest BCUT2D eigenvalue weighted by molar-refractivity contribution is 5.94.